The first kappa shape index (κ1) is 18.3. The fourth-order valence-corrected chi connectivity index (χ4v) is 4.02. The van der Waals surface area contributed by atoms with Crippen LogP contribution >= 0.6 is 23.2 Å². The number of benzene rings is 1. The van der Waals surface area contributed by atoms with Gasteiger partial charge in [-0.3, -0.25) is 4.79 Å². The highest BCUT2D eigenvalue weighted by Gasteiger charge is 2.36. The average molecular weight is 407 g/mol. The quantitative estimate of drug-likeness (QED) is 0.839. The summed E-state index contributed by atoms with van der Waals surface area (Å²) in [6, 6.07) is 6.91. The Morgan fingerprint density at radius 2 is 2.04 bits per heavy atom. The van der Waals surface area contributed by atoms with Gasteiger partial charge in [-0.1, -0.05) is 29.3 Å². The number of nitrogens with one attached hydrogen (secondary N) is 1. The lowest BCUT2D eigenvalue weighted by atomic mass is 9.94. The van der Waals surface area contributed by atoms with Crippen LogP contribution in [0.25, 0.3) is 0 Å². The van der Waals surface area contributed by atoms with Gasteiger partial charge in [-0.15, -0.1) is 0 Å². The molecule has 1 atom stereocenters. The van der Waals surface area contributed by atoms with Crippen LogP contribution in [0.2, 0.25) is 10.0 Å². The Kier molecular flexibility index (Phi) is 5.12. The summed E-state index contributed by atoms with van der Waals surface area (Å²) in [5, 5.41) is 8.68. The molecular weight excluding hydrogens is 387 g/mol. The number of aromatic nitrogens is 2. The van der Waals surface area contributed by atoms with Gasteiger partial charge in [-0.2, -0.15) is 5.10 Å². The standard InChI is InChI=1S/C19H20Cl2N4O2/c1-27-11-15-17(19(26)24-8-2-3-9-24)18(25-16(23-15)6-7-22-25)12-4-5-13(20)14(21)10-12/h4-7,10,18,23H,2-3,8-9,11H2,1H3. The van der Waals surface area contributed by atoms with E-state index in [9.17, 15) is 4.79 Å². The number of carbonyl (C=O) groups excluding carboxylic acids is 1. The molecule has 0 bridgehead atoms. The molecule has 1 fully saturated rings. The van der Waals surface area contributed by atoms with E-state index in [0.29, 0.717) is 22.2 Å². The van der Waals surface area contributed by atoms with E-state index >= 15 is 0 Å². The fraction of sp³-hybridized carbons (Fsp3) is 0.368. The van der Waals surface area contributed by atoms with Crippen LogP contribution in [0, 0.1) is 0 Å². The maximum Gasteiger partial charge on any atom is 0.254 e. The Morgan fingerprint density at radius 3 is 2.74 bits per heavy atom. The predicted molar refractivity (Wildman–Crippen MR) is 105 cm³/mol. The normalized spacial score (nSPS) is 19.2. The van der Waals surface area contributed by atoms with Crippen LogP contribution in [-0.2, 0) is 9.53 Å². The van der Waals surface area contributed by atoms with Crippen molar-refractivity contribution in [1.82, 2.24) is 14.7 Å². The summed E-state index contributed by atoms with van der Waals surface area (Å²) >= 11 is 12.4. The number of fused-ring (bicyclic) bond motifs is 1. The first-order chi connectivity index (χ1) is 13.1. The van der Waals surface area contributed by atoms with Crippen molar-refractivity contribution in [2.24, 2.45) is 0 Å². The van der Waals surface area contributed by atoms with Crippen molar-refractivity contribution in [1.29, 1.82) is 0 Å². The molecular formula is C19H20Cl2N4O2. The highest BCUT2D eigenvalue weighted by atomic mass is 35.5. The molecule has 8 heteroatoms. The number of methoxy groups -OCH3 is 1. The van der Waals surface area contributed by atoms with Crippen molar-refractivity contribution in [3.63, 3.8) is 0 Å². The number of hydrogen-bond donors (Lipinski definition) is 1. The second-order valence-electron chi connectivity index (χ2n) is 6.69. The lowest BCUT2D eigenvalue weighted by Crippen LogP contribution is -2.37. The molecule has 0 aliphatic carbocycles. The lowest BCUT2D eigenvalue weighted by Gasteiger charge is -2.32. The maximum atomic E-state index is 13.4. The smallest absolute Gasteiger partial charge is 0.254 e. The van der Waals surface area contributed by atoms with Crippen LogP contribution in [-0.4, -0.2) is 47.4 Å². The summed E-state index contributed by atoms with van der Waals surface area (Å²) < 4.78 is 7.18. The molecule has 2 aliphatic rings. The van der Waals surface area contributed by atoms with Crippen LogP contribution < -0.4 is 5.32 Å². The summed E-state index contributed by atoms with van der Waals surface area (Å²) in [4.78, 5) is 15.3. The van der Waals surface area contributed by atoms with Crippen molar-refractivity contribution in [2.75, 3.05) is 32.1 Å². The minimum Gasteiger partial charge on any atom is -0.378 e. The predicted octanol–water partition coefficient (Wildman–Crippen LogP) is 3.73. The van der Waals surface area contributed by atoms with E-state index in [1.165, 1.54) is 0 Å². The summed E-state index contributed by atoms with van der Waals surface area (Å²) in [6.45, 7) is 1.84. The van der Waals surface area contributed by atoms with E-state index in [-0.39, 0.29) is 5.91 Å². The first-order valence-corrected chi connectivity index (χ1v) is 9.62. The Hall–Kier alpha value is -2.02. The minimum absolute atomic E-state index is 0.00396. The van der Waals surface area contributed by atoms with Gasteiger partial charge in [0.2, 0.25) is 0 Å². The van der Waals surface area contributed by atoms with E-state index < -0.39 is 6.04 Å². The fourth-order valence-electron chi connectivity index (χ4n) is 3.71. The van der Waals surface area contributed by atoms with Gasteiger partial charge in [0.15, 0.2) is 0 Å². The van der Waals surface area contributed by atoms with E-state index in [1.807, 2.05) is 21.7 Å². The molecule has 2 aromatic rings. The molecule has 1 amide bonds. The molecule has 1 unspecified atom stereocenters. The van der Waals surface area contributed by atoms with Crippen LogP contribution in [0.5, 0.6) is 0 Å². The lowest BCUT2D eigenvalue weighted by molar-refractivity contribution is -0.126. The van der Waals surface area contributed by atoms with Crippen LogP contribution in [0.4, 0.5) is 5.82 Å². The van der Waals surface area contributed by atoms with Gasteiger partial charge in [0.05, 0.1) is 34.1 Å². The molecule has 1 aromatic heterocycles. The summed E-state index contributed by atoms with van der Waals surface area (Å²) in [7, 11) is 1.62. The SMILES string of the molecule is COCC1=C(C(=O)N2CCCC2)C(c2ccc(Cl)c(Cl)c2)n2nccc2N1. The molecule has 0 spiro atoms. The van der Waals surface area contributed by atoms with E-state index in [0.717, 1.165) is 43.0 Å². The number of rotatable bonds is 4. The van der Waals surface area contributed by atoms with Gasteiger partial charge in [-0.25, -0.2) is 4.68 Å². The second kappa shape index (κ2) is 7.54. The summed E-state index contributed by atoms with van der Waals surface area (Å²) in [5.41, 5.74) is 2.24. The molecule has 6 nitrogen and oxygen atoms in total. The Morgan fingerprint density at radius 1 is 1.26 bits per heavy atom. The number of carbonyl (C=O) groups is 1. The Balaban J connectivity index is 1.87. The third-order valence-electron chi connectivity index (χ3n) is 4.96. The van der Waals surface area contributed by atoms with Crippen molar-refractivity contribution in [3.8, 4) is 0 Å². The van der Waals surface area contributed by atoms with Crippen LogP contribution in [0.15, 0.2) is 41.7 Å². The van der Waals surface area contributed by atoms with E-state index in [1.54, 1.807) is 25.4 Å². The minimum atomic E-state index is -0.399. The molecule has 0 saturated carbocycles. The number of anilines is 1. The molecule has 142 valence electrons. The van der Waals surface area contributed by atoms with Crippen LogP contribution in [0.3, 0.4) is 0 Å². The maximum absolute atomic E-state index is 13.4. The van der Waals surface area contributed by atoms with Gasteiger partial charge in [-0.05, 0) is 30.5 Å². The Bertz CT molecular complexity index is 903. The molecule has 1 saturated heterocycles. The third-order valence-corrected chi connectivity index (χ3v) is 5.70. The zero-order valence-corrected chi connectivity index (χ0v) is 16.4. The number of amides is 1. The summed E-state index contributed by atoms with van der Waals surface area (Å²) in [5.74, 6) is 0.806. The largest absolute Gasteiger partial charge is 0.378 e. The Labute approximate surface area is 167 Å². The van der Waals surface area contributed by atoms with Gasteiger partial charge in [0.1, 0.15) is 11.9 Å². The van der Waals surface area contributed by atoms with Crippen molar-refractivity contribution >= 4 is 34.9 Å². The number of nitrogens with zero attached hydrogens (tertiary/aromatic N) is 3. The highest BCUT2D eigenvalue weighted by molar-refractivity contribution is 6.42. The average Bonchev–Trinajstić information content (AvgIpc) is 3.34. The van der Waals surface area contributed by atoms with Gasteiger partial charge in [0.25, 0.3) is 5.91 Å². The molecule has 0 radical (unpaired) electrons. The molecule has 2 aliphatic heterocycles. The van der Waals surface area contributed by atoms with E-state index in [2.05, 4.69) is 10.4 Å². The second-order valence-corrected chi connectivity index (χ2v) is 7.50. The zero-order chi connectivity index (χ0) is 19.0. The molecule has 1 N–H and O–H groups in total. The zero-order valence-electron chi connectivity index (χ0n) is 14.9. The van der Waals surface area contributed by atoms with Crippen molar-refractivity contribution in [3.05, 3.63) is 57.3 Å². The van der Waals surface area contributed by atoms with Gasteiger partial charge < -0.3 is 15.0 Å². The number of likely N-dealkylation sites (tertiary alicyclic amines) is 1. The summed E-state index contributed by atoms with van der Waals surface area (Å²) in [6.07, 6.45) is 3.76. The van der Waals surface area contributed by atoms with Crippen LogP contribution in [0.1, 0.15) is 24.4 Å². The van der Waals surface area contributed by atoms with Gasteiger partial charge in [0, 0.05) is 26.3 Å². The third kappa shape index (κ3) is 3.33. The molecule has 4 rings (SSSR count). The number of hydrogen-bond acceptors (Lipinski definition) is 4. The van der Waals surface area contributed by atoms with Crippen molar-refractivity contribution in [2.45, 2.75) is 18.9 Å². The number of halogens is 2. The van der Waals surface area contributed by atoms with E-state index in [4.69, 9.17) is 27.9 Å². The monoisotopic (exact) mass is 406 g/mol. The van der Waals surface area contributed by atoms with Crippen molar-refractivity contribution < 1.29 is 9.53 Å². The first-order valence-electron chi connectivity index (χ1n) is 8.87. The molecule has 1 aromatic carbocycles. The van der Waals surface area contributed by atoms with Gasteiger partial charge >= 0.3 is 0 Å². The molecule has 27 heavy (non-hydrogen) atoms. The topological polar surface area (TPSA) is 59.4 Å². The number of ether oxygens (including phenoxy) is 1. The highest BCUT2D eigenvalue weighted by Crippen LogP contribution is 2.38. The molecule has 3 heterocycles.